The third-order valence-corrected chi connectivity index (χ3v) is 8.66. The number of nitrogens with zero attached hydrogens (tertiary/aromatic N) is 2. The van der Waals surface area contributed by atoms with Gasteiger partial charge in [-0.1, -0.05) is 0 Å². The number of benzene rings is 1. The van der Waals surface area contributed by atoms with Crippen LogP contribution >= 0.6 is 0 Å². The molecule has 1 aliphatic carbocycles. The van der Waals surface area contributed by atoms with E-state index in [1.165, 1.54) is 0 Å². The molecule has 3 heterocycles. The largest absolute Gasteiger partial charge is 0.448 e. The lowest BCUT2D eigenvalue weighted by molar-refractivity contribution is -0.123. The molecule has 0 radical (unpaired) electrons. The summed E-state index contributed by atoms with van der Waals surface area (Å²) < 4.78 is 13.0. The minimum atomic E-state index is -0.874. The first-order valence-electron chi connectivity index (χ1n) is 13.2. The number of ether oxygens (including phenoxy) is 2. The first kappa shape index (κ1) is 25.5. The molecule has 1 saturated carbocycles. The molecule has 1 fully saturated rings. The zero-order valence-corrected chi connectivity index (χ0v) is 22.7. The maximum absolute atomic E-state index is 13.8. The molecule has 198 valence electrons. The minimum absolute atomic E-state index is 0.174. The van der Waals surface area contributed by atoms with Gasteiger partial charge in [0, 0.05) is 42.2 Å². The average Bonchev–Trinajstić information content (AvgIpc) is 3.21. The molecule has 2 aliphatic heterocycles. The molecule has 1 unspecified atom stereocenters. The normalized spacial score (nSPS) is 24.9. The van der Waals surface area contributed by atoms with Crippen LogP contribution in [0.3, 0.4) is 0 Å². The predicted octanol–water partition coefficient (Wildman–Crippen LogP) is 3.92. The number of aromatic amines is 1. The van der Waals surface area contributed by atoms with Crippen molar-refractivity contribution in [2.75, 3.05) is 20.6 Å². The molecule has 1 amide bonds. The molecule has 8 heteroatoms. The van der Waals surface area contributed by atoms with E-state index in [2.05, 4.69) is 24.0 Å². The van der Waals surface area contributed by atoms with Crippen LogP contribution in [-0.2, 0) is 13.0 Å². The van der Waals surface area contributed by atoms with E-state index in [9.17, 15) is 14.4 Å². The maximum atomic E-state index is 13.8. The summed E-state index contributed by atoms with van der Waals surface area (Å²) in [5.41, 5.74) is 4.38. The summed E-state index contributed by atoms with van der Waals surface area (Å²) in [6.45, 7) is 8.20. The van der Waals surface area contributed by atoms with Crippen LogP contribution in [0.5, 0.6) is 11.5 Å². The Labute approximate surface area is 217 Å². The quantitative estimate of drug-likeness (QED) is 0.617. The Bertz CT molecular complexity index is 1320. The highest BCUT2D eigenvalue weighted by atomic mass is 16.7. The Morgan fingerprint density at radius 3 is 2.41 bits per heavy atom. The summed E-state index contributed by atoms with van der Waals surface area (Å²) in [6.07, 6.45) is 5.39. The number of pyridine rings is 1. The smallest absolute Gasteiger partial charge is 0.254 e. The Balaban J connectivity index is 1.46. The molecule has 1 atom stereocenters. The van der Waals surface area contributed by atoms with Gasteiger partial charge >= 0.3 is 0 Å². The van der Waals surface area contributed by atoms with Gasteiger partial charge in [0.25, 0.3) is 17.3 Å². The first-order chi connectivity index (χ1) is 17.5. The van der Waals surface area contributed by atoms with E-state index < -0.39 is 5.79 Å². The maximum Gasteiger partial charge on any atom is 0.254 e. The van der Waals surface area contributed by atoms with Crippen LogP contribution in [0.25, 0.3) is 0 Å². The van der Waals surface area contributed by atoms with Gasteiger partial charge in [0.1, 0.15) is 0 Å². The van der Waals surface area contributed by atoms with E-state index in [0.717, 1.165) is 43.2 Å². The molecule has 1 aromatic carbocycles. The highest BCUT2D eigenvalue weighted by molar-refractivity contribution is 6.03. The summed E-state index contributed by atoms with van der Waals surface area (Å²) in [4.78, 5) is 45.5. The van der Waals surface area contributed by atoms with E-state index in [4.69, 9.17) is 9.47 Å². The number of hydrogen-bond donors (Lipinski definition) is 1. The minimum Gasteiger partial charge on any atom is -0.448 e. The third-order valence-electron chi connectivity index (χ3n) is 8.66. The fraction of sp³-hybridized carbons (Fsp3) is 0.552. The van der Waals surface area contributed by atoms with Gasteiger partial charge in [-0.2, -0.15) is 0 Å². The van der Waals surface area contributed by atoms with Gasteiger partial charge < -0.3 is 24.3 Å². The lowest BCUT2D eigenvalue weighted by atomic mass is 9.81. The molecule has 1 N–H and O–H groups in total. The Morgan fingerprint density at radius 2 is 1.78 bits per heavy atom. The second-order valence-corrected chi connectivity index (χ2v) is 11.3. The fourth-order valence-electron chi connectivity index (χ4n) is 6.44. The molecule has 3 aliphatic rings. The molecule has 0 bridgehead atoms. The van der Waals surface area contributed by atoms with Crippen LogP contribution in [0.4, 0.5) is 0 Å². The summed E-state index contributed by atoms with van der Waals surface area (Å²) in [5.74, 6) is 0.0950. The van der Waals surface area contributed by atoms with Crippen molar-refractivity contribution in [3.63, 3.8) is 0 Å². The summed E-state index contributed by atoms with van der Waals surface area (Å²) in [6, 6.07) is 2.47. The van der Waals surface area contributed by atoms with Crippen LogP contribution in [-0.4, -0.2) is 59.4 Å². The van der Waals surface area contributed by atoms with Crippen molar-refractivity contribution in [2.45, 2.75) is 78.2 Å². The Morgan fingerprint density at radius 1 is 1.11 bits per heavy atom. The Hall–Kier alpha value is -3.13. The zero-order valence-electron chi connectivity index (χ0n) is 22.7. The standard InChI is InChI=1S/C29H37N3O5/c1-16-13-17(2)30-27(34)22(16)14-32-12-11-21-23(15-33)26-25(18(3)24(21)28(32)35)36-29(4,37-26)19-7-9-20(10-8-19)31(5)6/h13,15,19-20H,7-12,14H2,1-6H3,(H,30,34). The number of aldehydes is 1. The van der Waals surface area contributed by atoms with Gasteiger partial charge in [0.2, 0.25) is 0 Å². The lowest BCUT2D eigenvalue weighted by Crippen LogP contribution is -2.46. The van der Waals surface area contributed by atoms with Gasteiger partial charge in [-0.15, -0.1) is 0 Å². The van der Waals surface area contributed by atoms with Gasteiger partial charge in [0.15, 0.2) is 17.8 Å². The second kappa shape index (κ2) is 9.31. The molecule has 0 saturated heterocycles. The number of fused-ring (bicyclic) bond motifs is 2. The molecule has 0 spiro atoms. The Kier molecular flexibility index (Phi) is 6.42. The highest BCUT2D eigenvalue weighted by Gasteiger charge is 2.48. The van der Waals surface area contributed by atoms with Gasteiger partial charge in [-0.25, -0.2) is 0 Å². The topological polar surface area (TPSA) is 91.9 Å². The number of rotatable bonds is 5. The van der Waals surface area contributed by atoms with Crippen molar-refractivity contribution in [1.29, 1.82) is 0 Å². The van der Waals surface area contributed by atoms with Crippen molar-refractivity contribution < 1.29 is 19.1 Å². The number of nitrogens with one attached hydrogen (secondary N) is 1. The number of aromatic nitrogens is 1. The molecule has 2 aromatic rings. The monoisotopic (exact) mass is 507 g/mol. The van der Waals surface area contributed by atoms with Gasteiger partial charge in [-0.3, -0.25) is 14.4 Å². The zero-order chi connectivity index (χ0) is 26.6. The fourth-order valence-corrected chi connectivity index (χ4v) is 6.44. The van der Waals surface area contributed by atoms with Crippen molar-refractivity contribution >= 4 is 12.2 Å². The van der Waals surface area contributed by atoms with E-state index in [-0.39, 0.29) is 23.9 Å². The third kappa shape index (κ3) is 4.25. The number of H-pyrrole nitrogens is 1. The SMILES string of the molecule is Cc1cc(C)c(CN2CCc3c(C=O)c4c(c(C)c3C2=O)OC(C)(C2CCC(N(C)C)CC2)O4)c(=O)[nH]1. The number of aryl methyl sites for hydroxylation is 2. The van der Waals surface area contributed by atoms with E-state index in [1.807, 2.05) is 33.8 Å². The van der Waals surface area contributed by atoms with Crippen molar-refractivity contribution in [2.24, 2.45) is 5.92 Å². The van der Waals surface area contributed by atoms with E-state index >= 15 is 0 Å². The summed E-state index contributed by atoms with van der Waals surface area (Å²) in [7, 11) is 4.23. The molecular formula is C29H37N3O5. The van der Waals surface area contributed by atoms with Gasteiger partial charge in [0.05, 0.1) is 17.7 Å². The second-order valence-electron chi connectivity index (χ2n) is 11.3. The van der Waals surface area contributed by atoms with Crippen molar-refractivity contribution in [3.8, 4) is 11.5 Å². The first-order valence-corrected chi connectivity index (χ1v) is 13.2. The molecule has 37 heavy (non-hydrogen) atoms. The van der Waals surface area contributed by atoms with Crippen LogP contribution < -0.4 is 15.0 Å². The number of amides is 1. The predicted molar refractivity (Wildman–Crippen MR) is 141 cm³/mol. The van der Waals surface area contributed by atoms with Crippen LogP contribution in [0.1, 0.15) is 81.3 Å². The molecule has 1 aromatic heterocycles. The van der Waals surface area contributed by atoms with Crippen molar-refractivity contribution in [1.82, 2.24) is 14.8 Å². The van der Waals surface area contributed by atoms with E-state index in [1.54, 1.807) is 4.90 Å². The van der Waals surface area contributed by atoms with Crippen LogP contribution in [0.2, 0.25) is 0 Å². The van der Waals surface area contributed by atoms with Crippen LogP contribution in [0.15, 0.2) is 10.9 Å². The number of hydrogen-bond acceptors (Lipinski definition) is 6. The number of carbonyl (C=O) groups is 2. The molecule has 5 rings (SSSR count). The van der Waals surface area contributed by atoms with E-state index in [0.29, 0.717) is 58.3 Å². The number of carbonyl (C=O) groups excluding carboxylic acids is 2. The molecular weight excluding hydrogens is 470 g/mol. The lowest BCUT2D eigenvalue weighted by Gasteiger charge is -2.39. The van der Waals surface area contributed by atoms with Crippen LogP contribution in [0, 0.1) is 26.7 Å². The van der Waals surface area contributed by atoms with Crippen molar-refractivity contribution in [3.05, 3.63) is 55.5 Å². The summed E-state index contributed by atoms with van der Waals surface area (Å²) >= 11 is 0. The van der Waals surface area contributed by atoms with Gasteiger partial charge in [-0.05, 0) is 84.2 Å². The summed E-state index contributed by atoms with van der Waals surface area (Å²) in [5, 5.41) is 0. The highest BCUT2D eigenvalue weighted by Crippen LogP contribution is 2.51. The molecule has 8 nitrogen and oxygen atoms in total. The average molecular weight is 508 g/mol.